The Balaban J connectivity index is 3.84. The molecule has 0 fully saturated rings. The molecule has 0 aromatic rings. The third-order valence-electron chi connectivity index (χ3n) is 8.05. The van der Waals surface area contributed by atoms with Crippen molar-refractivity contribution in [1.82, 2.24) is 0 Å². The lowest BCUT2D eigenvalue weighted by molar-refractivity contribution is -0.146. The molecule has 0 aliphatic carbocycles. The molecule has 0 heterocycles. The fraction of sp³-hybridized carbons (Fsp3) is 0.939. The van der Waals surface area contributed by atoms with Crippen LogP contribution in [0.1, 0.15) is 188 Å². The Morgan fingerprint density at radius 2 is 0.806 bits per heavy atom. The standard InChI is InChI=1S/C33H64O3/c1-4-6-8-10-12-14-16-17-19-21-23-25-27-29-32(34)31(30(3)33(35)36)28-26-24-22-20-18-15-13-11-9-7-5-2/h30-31H,4-29H2,1-3H3,(H,35,36)/t30-,31?/m1/s1. The minimum atomic E-state index is -0.818. The zero-order valence-corrected chi connectivity index (χ0v) is 24.8. The van der Waals surface area contributed by atoms with E-state index in [0.717, 1.165) is 32.1 Å². The number of carboxylic acids is 1. The van der Waals surface area contributed by atoms with Crippen LogP contribution < -0.4 is 0 Å². The lowest BCUT2D eigenvalue weighted by Gasteiger charge is -2.20. The summed E-state index contributed by atoms with van der Waals surface area (Å²) in [6.45, 7) is 6.26. The van der Waals surface area contributed by atoms with Gasteiger partial charge in [-0.25, -0.2) is 0 Å². The predicted octanol–water partition coefficient (Wildman–Crippen LogP) is 11.1. The fourth-order valence-corrected chi connectivity index (χ4v) is 5.39. The van der Waals surface area contributed by atoms with Crippen LogP contribution in [0, 0.1) is 11.8 Å². The van der Waals surface area contributed by atoms with Gasteiger partial charge in [0.25, 0.3) is 0 Å². The molecule has 214 valence electrons. The molecule has 0 bridgehead atoms. The maximum absolute atomic E-state index is 12.8. The topological polar surface area (TPSA) is 54.4 Å². The van der Waals surface area contributed by atoms with Gasteiger partial charge in [0.2, 0.25) is 0 Å². The Hall–Kier alpha value is -0.860. The molecule has 3 heteroatoms. The molecule has 0 amide bonds. The second-order valence-electron chi connectivity index (χ2n) is 11.5. The van der Waals surface area contributed by atoms with Gasteiger partial charge in [-0.1, -0.05) is 168 Å². The Bertz CT molecular complexity index is 487. The average Bonchev–Trinajstić information content (AvgIpc) is 2.87. The summed E-state index contributed by atoms with van der Waals surface area (Å²) in [5, 5.41) is 9.51. The molecule has 0 aliphatic heterocycles. The van der Waals surface area contributed by atoms with Gasteiger partial charge in [-0.2, -0.15) is 0 Å². The summed E-state index contributed by atoms with van der Waals surface area (Å²) in [5.41, 5.74) is 0. The van der Waals surface area contributed by atoms with Crippen molar-refractivity contribution in [2.24, 2.45) is 11.8 Å². The Morgan fingerprint density at radius 1 is 0.500 bits per heavy atom. The van der Waals surface area contributed by atoms with Crippen molar-refractivity contribution >= 4 is 11.8 Å². The van der Waals surface area contributed by atoms with E-state index in [0.29, 0.717) is 6.42 Å². The monoisotopic (exact) mass is 508 g/mol. The molecule has 0 aliphatic rings. The Kier molecular flexibility index (Phi) is 26.5. The van der Waals surface area contributed by atoms with Crippen molar-refractivity contribution in [3.05, 3.63) is 0 Å². The molecule has 36 heavy (non-hydrogen) atoms. The number of Topliss-reactive ketones (excluding diaryl/α,β-unsaturated/α-hetero) is 1. The van der Waals surface area contributed by atoms with Gasteiger partial charge in [0, 0.05) is 12.3 Å². The Morgan fingerprint density at radius 3 is 1.14 bits per heavy atom. The van der Waals surface area contributed by atoms with Crippen LogP contribution in [-0.2, 0) is 9.59 Å². The quantitative estimate of drug-likeness (QED) is 0.102. The first-order valence-corrected chi connectivity index (χ1v) is 16.3. The number of aliphatic carboxylic acids is 1. The number of hydrogen-bond acceptors (Lipinski definition) is 2. The number of carboxylic acid groups (broad SMARTS) is 1. The summed E-state index contributed by atoms with van der Waals surface area (Å²) >= 11 is 0. The van der Waals surface area contributed by atoms with Crippen LogP contribution in [0.2, 0.25) is 0 Å². The van der Waals surface area contributed by atoms with Crippen molar-refractivity contribution in [3.8, 4) is 0 Å². The number of hydrogen-bond donors (Lipinski definition) is 1. The van der Waals surface area contributed by atoms with Crippen molar-refractivity contribution in [1.29, 1.82) is 0 Å². The fourth-order valence-electron chi connectivity index (χ4n) is 5.39. The number of unbranched alkanes of at least 4 members (excludes halogenated alkanes) is 22. The number of rotatable bonds is 29. The highest BCUT2D eigenvalue weighted by Gasteiger charge is 2.28. The van der Waals surface area contributed by atoms with Gasteiger partial charge in [-0.05, 0) is 12.8 Å². The van der Waals surface area contributed by atoms with E-state index >= 15 is 0 Å². The van der Waals surface area contributed by atoms with Crippen molar-refractivity contribution in [2.75, 3.05) is 0 Å². The number of carbonyl (C=O) groups is 2. The van der Waals surface area contributed by atoms with Crippen molar-refractivity contribution in [2.45, 2.75) is 188 Å². The van der Waals surface area contributed by atoms with Gasteiger partial charge in [0.1, 0.15) is 5.78 Å². The largest absolute Gasteiger partial charge is 0.481 e. The zero-order chi connectivity index (χ0) is 26.7. The van der Waals surface area contributed by atoms with Crippen LogP contribution in [0.3, 0.4) is 0 Å². The van der Waals surface area contributed by atoms with Crippen molar-refractivity contribution in [3.63, 3.8) is 0 Å². The summed E-state index contributed by atoms with van der Waals surface area (Å²) in [5.74, 6) is -1.47. The molecule has 0 radical (unpaired) electrons. The normalized spacial score (nSPS) is 13.1. The first-order valence-electron chi connectivity index (χ1n) is 16.3. The molecular weight excluding hydrogens is 444 g/mol. The van der Waals surface area contributed by atoms with E-state index in [9.17, 15) is 14.7 Å². The Labute approximate surface area is 226 Å². The highest BCUT2D eigenvalue weighted by atomic mass is 16.4. The highest BCUT2D eigenvalue weighted by molar-refractivity contribution is 5.86. The van der Waals surface area contributed by atoms with Gasteiger partial charge in [0.15, 0.2) is 0 Å². The molecule has 0 saturated heterocycles. The first kappa shape index (κ1) is 35.1. The molecule has 1 N–H and O–H groups in total. The van der Waals surface area contributed by atoms with Gasteiger partial charge in [-0.15, -0.1) is 0 Å². The minimum Gasteiger partial charge on any atom is -0.481 e. The molecule has 1 unspecified atom stereocenters. The number of ketones is 1. The lowest BCUT2D eigenvalue weighted by Crippen LogP contribution is -2.27. The highest BCUT2D eigenvalue weighted by Crippen LogP contribution is 2.24. The third-order valence-corrected chi connectivity index (χ3v) is 8.05. The lowest BCUT2D eigenvalue weighted by atomic mass is 9.83. The number of carbonyl (C=O) groups excluding carboxylic acids is 1. The zero-order valence-electron chi connectivity index (χ0n) is 24.8. The van der Waals surface area contributed by atoms with Crippen LogP contribution in [-0.4, -0.2) is 16.9 Å². The summed E-state index contributed by atoms with van der Waals surface area (Å²) in [7, 11) is 0. The van der Waals surface area contributed by atoms with E-state index in [1.807, 2.05) is 0 Å². The molecule has 2 atom stereocenters. The second kappa shape index (κ2) is 27.2. The summed E-state index contributed by atoms with van der Waals surface area (Å²) in [4.78, 5) is 24.4. The van der Waals surface area contributed by atoms with E-state index < -0.39 is 11.9 Å². The molecule has 3 nitrogen and oxygen atoms in total. The molecule has 0 aromatic heterocycles. The van der Waals surface area contributed by atoms with E-state index in [1.165, 1.54) is 128 Å². The van der Waals surface area contributed by atoms with Crippen molar-refractivity contribution < 1.29 is 14.7 Å². The average molecular weight is 509 g/mol. The summed E-state index contributed by atoms with van der Waals surface area (Å²) < 4.78 is 0. The minimum absolute atomic E-state index is 0.194. The first-order chi connectivity index (χ1) is 17.5. The second-order valence-corrected chi connectivity index (χ2v) is 11.5. The van der Waals surface area contributed by atoms with Crippen LogP contribution >= 0.6 is 0 Å². The van der Waals surface area contributed by atoms with Gasteiger partial charge >= 0.3 is 5.97 Å². The third kappa shape index (κ3) is 22.3. The van der Waals surface area contributed by atoms with E-state index in [-0.39, 0.29) is 11.7 Å². The molecule has 0 spiro atoms. The van der Waals surface area contributed by atoms with E-state index in [2.05, 4.69) is 13.8 Å². The predicted molar refractivity (Wildman–Crippen MR) is 157 cm³/mol. The maximum atomic E-state index is 12.8. The molecular formula is C33H64O3. The maximum Gasteiger partial charge on any atom is 0.306 e. The SMILES string of the molecule is CCCCCCCCCCCCCCCC(=O)C(CCCCCCCCCCCCC)[C@@H](C)C(=O)O. The van der Waals surface area contributed by atoms with Crippen LogP contribution in [0.25, 0.3) is 0 Å². The van der Waals surface area contributed by atoms with Gasteiger partial charge in [-0.3, -0.25) is 9.59 Å². The summed E-state index contributed by atoms with van der Waals surface area (Å²) in [6.07, 6.45) is 32.3. The van der Waals surface area contributed by atoms with Gasteiger partial charge in [0.05, 0.1) is 5.92 Å². The van der Waals surface area contributed by atoms with Crippen LogP contribution in [0.5, 0.6) is 0 Å². The molecule has 0 saturated carbocycles. The van der Waals surface area contributed by atoms with E-state index in [1.54, 1.807) is 6.92 Å². The van der Waals surface area contributed by atoms with Crippen LogP contribution in [0.15, 0.2) is 0 Å². The summed E-state index contributed by atoms with van der Waals surface area (Å²) in [6, 6.07) is 0. The smallest absolute Gasteiger partial charge is 0.306 e. The molecule has 0 aromatic carbocycles. The molecule has 0 rings (SSSR count). The van der Waals surface area contributed by atoms with E-state index in [4.69, 9.17) is 0 Å². The van der Waals surface area contributed by atoms with Crippen LogP contribution in [0.4, 0.5) is 0 Å². The van der Waals surface area contributed by atoms with Gasteiger partial charge < -0.3 is 5.11 Å².